The van der Waals surface area contributed by atoms with Crippen molar-refractivity contribution < 1.29 is 27.8 Å². The minimum absolute atomic E-state index is 0.0598. The van der Waals surface area contributed by atoms with Crippen molar-refractivity contribution in [1.29, 1.82) is 0 Å². The number of aliphatic hydroxyl groups excluding tert-OH is 1. The Kier molecular flexibility index (Phi) is 6.18. The fraction of sp³-hybridized carbons (Fsp3) is 0.217. The highest BCUT2D eigenvalue weighted by atomic mass is 35.5. The van der Waals surface area contributed by atoms with Crippen LogP contribution in [0.3, 0.4) is 0 Å². The molecule has 0 spiro atoms. The van der Waals surface area contributed by atoms with Gasteiger partial charge in [-0.05, 0) is 48.9 Å². The first-order valence-electron chi connectivity index (χ1n) is 9.95. The predicted octanol–water partition coefficient (Wildman–Crippen LogP) is 5.21. The molecule has 0 radical (unpaired) electrons. The Morgan fingerprint density at radius 2 is 2.06 bits per heavy atom. The maximum atomic E-state index is 13.2. The minimum Gasteiger partial charge on any atom is -0.488 e. The lowest BCUT2D eigenvalue weighted by Crippen LogP contribution is -2.43. The van der Waals surface area contributed by atoms with Crippen molar-refractivity contribution in [1.82, 2.24) is 4.98 Å². The summed E-state index contributed by atoms with van der Waals surface area (Å²) in [5, 5.41) is 11.9. The molecule has 3 aromatic rings. The van der Waals surface area contributed by atoms with Crippen LogP contribution in [0, 0.1) is 6.92 Å². The Bertz CT molecular complexity index is 1190. The quantitative estimate of drug-likeness (QED) is 0.540. The van der Waals surface area contributed by atoms with Gasteiger partial charge in [-0.2, -0.15) is 13.2 Å². The van der Waals surface area contributed by atoms with Crippen molar-refractivity contribution in [2.75, 3.05) is 23.4 Å². The number of carbonyl (C=O) groups is 1. The number of pyridine rings is 1. The van der Waals surface area contributed by atoms with E-state index in [0.29, 0.717) is 11.5 Å². The third-order valence-corrected chi connectivity index (χ3v) is 5.50. The number of benzene rings is 2. The van der Waals surface area contributed by atoms with E-state index in [0.717, 1.165) is 17.7 Å². The first-order chi connectivity index (χ1) is 15.7. The van der Waals surface area contributed by atoms with Crippen LogP contribution in [0.5, 0.6) is 5.75 Å². The SMILES string of the molecule is Cc1ccc(N2c3cccc(C(=O)Nc4ccc(Cl)c(C(F)(F)F)c4)c3OC[C@@H]2CO)nc1. The van der Waals surface area contributed by atoms with Crippen LogP contribution in [0.15, 0.2) is 54.7 Å². The molecule has 2 N–H and O–H groups in total. The summed E-state index contributed by atoms with van der Waals surface area (Å²) in [6.07, 6.45) is -2.97. The van der Waals surface area contributed by atoms with Crippen molar-refractivity contribution in [3.8, 4) is 5.75 Å². The van der Waals surface area contributed by atoms with Gasteiger partial charge in [0.2, 0.25) is 0 Å². The summed E-state index contributed by atoms with van der Waals surface area (Å²) in [6, 6.07) is 11.2. The van der Waals surface area contributed by atoms with Gasteiger partial charge in [0.05, 0.1) is 34.5 Å². The van der Waals surface area contributed by atoms with E-state index in [1.165, 1.54) is 12.1 Å². The van der Waals surface area contributed by atoms with Gasteiger partial charge in [-0.15, -0.1) is 0 Å². The molecule has 4 rings (SSSR count). The van der Waals surface area contributed by atoms with Crippen LogP contribution in [-0.2, 0) is 6.18 Å². The van der Waals surface area contributed by atoms with Gasteiger partial charge in [0.1, 0.15) is 12.4 Å². The van der Waals surface area contributed by atoms with Crippen LogP contribution >= 0.6 is 11.6 Å². The van der Waals surface area contributed by atoms with Gasteiger partial charge in [0.15, 0.2) is 5.75 Å². The Hall–Kier alpha value is -3.30. The fourth-order valence-corrected chi connectivity index (χ4v) is 3.79. The fourth-order valence-electron chi connectivity index (χ4n) is 3.56. The molecule has 1 amide bonds. The van der Waals surface area contributed by atoms with Crippen LogP contribution in [0.25, 0.3) is 0 Å². The number of halogens is 4. The number of aromatic nitrogens is 1. The highest BCUT2D eigenvalue weighted by Gasteiger charge is 2.34. The van der Waals surface area contributed by atoms with Crippen LogP contribution < -0.4 is 15.0 Å². The maximum Gasteiger partial charge on any atom is 0.417 e. The summed E-state index contributed by atoms with van der Waals surface area (Å²) < 4.78 is 45.3. The number of hydrogen-bond acceptors (Lipinski definition) is 5. The zero-order valence-electron chi connectivity index (χ0n) is 17.4. The number of hydrogen-bond donors (Lipinski definition) is 2. The van der Waals surface area contributed by atoms with Gasteiger partial charge in [0, 0.05) is 11.9 Å². The second-order valence-corrected chi connectivity index (χ2v) is 7.92. The Morgan fingerprint density at radius 1 is 1.27 bits per heavy atom. The van der Waals surface area contributed by atoms with E-state index in [1.807, 2.05) is 13.0 Å². The molecule has 1 atom stereocenters. The summed E-state index contributed by atoms with van der Waals surface area (Å²) in [6.45, 7) is 1.77. The number of anilines is 3. The number of nitrogens with zero attached hydrogens (tertiary/aromatic N) is 2. The lowest BCUT2D eigenvalue weighted by atomic mass is 10.1. The largest absolute Gasteiger partial charge is 0.488 e. The number of amides is 1. The second kappa shape index (κ2) is 8.92. The number of aryl methyl sites for hydroxylation is 1. The molecule has 10 heteroatoms. The van der Waals surface area contributed by atoms with Crippen molar-refractivity contribution in [3.05, 3.63) is 76.4 Å². The molecular weight excluding hydrogens is 459 g/mol. The molecule has 172 valence electrons. The van der Waals surface area contributed by atoms with Crippen LogP contribution in [0.4, 0.5) is 30.4 Å². The van der Waals surface area contributed by atoms with Crippen molar-refractivity contribution in [2.24, 2.45) is 0 Å². The van der Waals surface area contributed by atoms with Gasteiger partial charge < -0.3 is 20.1 Å². The van der Waals surface area contributed by atoms with E-state index in [2.05, 4.69) is 10.3 Å². The number of aliphatic hydroxyl groups is 1. The van der Waals surface area contributed by atoms with E-state index in [-0.39, 0.29) is 30.2 Å². The van der Waals surface area contributed by atoms with E-state index in [9.17, 15) is 23.1 Å². The molecule has 6 nitrogen and oxygen atoms in total. The predicted molar refractivity (Wildman–Crippen MR) is 118 cm³/mol. The standard InChI is InChI=1S/C23H19ClF3N3O3/c1-13-5-8-20(28-10-13)30-15(11-31)12-33-21-16(3-2-4-19(21)30)22(32)29-14-6-7-18(24)17(9-14)23(25,26)27/h2-10,15,31H,11-12H2,1H3,(H,29,32)/t15-/m0/s1. The van der Waals surface area contributed by atoms with Gasteiger partial charge in [-0.1, -0.05) is 23.7 Å². The molecule has 2 heterocycles. The monoisotopic (exact) mass is 477 g/mol. The Labute approximate surface area is 192 Å². The molecular formula is C23H19ClF3N3O3. The van der Waals surface area contributed by atoms with Crippen molar-refractivity contribution in [2.45, 2.75) is 19.1 Å². The molecule has 0 bridgehead atoms. The van der Waals surface area contributed by atoms with Gasteiger partial charge in [-0.25, -0.2) is 4.98 Å². The third-order valence-electron chi connectivity index (χ3n) is 5.17. The number of ether oxygens (including phenoxy) is 1. The molecule has 2 aromatic carbocycles. The second-order valence-electron chi connectivity index (χ2n) is 7.51. The minimum atomic E-state index is -4.66. The van der Waals surface area contributed by atoms with Crippen LogP contribution in [0.1, 0.15) is 21.5 Å². The highest BCUT2D eigenvalue weighted by molar-refractivity contribution is 6.31. The number of rotatable bonds is 4. The van der Waals surface area contributed by atoms with Crippen molar-refractivity contribution in [3.63, 3.8) is 0 Å². The highest BCUT2D eigenvalue weighted by Crippen LogP contribution is 2.41. The van der Waals surface area contributed by atoms with Gasteiger partial charge in [0.25, 0.3) is 5.91 Å². The normalized spacial score (nSPS) is 15.6. The van der Waals surface area contributed by atoms with E-state index in [1.54, 1.807) is 29.3 Å². The average molecular weight is 478 g/mol. The maximum absolute atomic E-state index is 13.2. The number of para-hydroxylation sites is 1. The zero-order valence-corrected chi connectivity index (χ0v) is 18.1. The first kappa shape index (κ1) is 22.9. The molecule has 1 aromatic heterocycles. The van der Waals surface area contributed by atoms with Gasteiger partial charge >= 0.3 is 6.18 Å². The van der Waals surface area contributed by atoms with Crippen LogP contribution in [0.2, 0.25) is 5.02 Å². The molecule has 1 aliphatic heterocycles. The van der Waals surface area contributed by atoms with E-state index >= 15 is 0 Å². The Balaban J connectivity index is 1.69. The zero-order chi connectivity index (χ0) is 23.8. The summed E-state index contributed by atoms with van der Waals surface area (Å²) in [4.78, 5) is 19.2. The lowest BCUT2D eigenvalue weighted by molar-refractivity contribution is -0.137. The molecule has 0 fully saturated rings. The summed E-state index contributed by atoms with van der Waals surface area (Å²) in [7, 11) is 0. The number of alkyl halides is 3. The number of fused-ring (bicyclic) bond motifs is 1. The molecule has 33 heavy (non-hydrogen) atoms. The Morgan fingerprint density at radius 3 is 2.73 bits per heavy atom. The lowest BCUT2D eigenvalue weighted by Gasteiger charge is -2.37. The molecule has 0 unspecified atom stereocenters. The average Bonchev–Trinajstić information content (AvgIpc) is 2.79. The molecule has 0 saturated carbocycles. The van der Waals surface area contributed by atoms with E-state index in [4.69, 9.17) is 16.3 Å². The van der Waals surface area contributed by atoms with Gasteiger partial charge in [-0.3, -0.25) is 4.79 Å². The summed E-state index contributed by atoms with van der Waals surface area (Å²) in [5.41, 5.74) is 0.495. The number of nitrogens with one attached hydrogen (secondary N) is 1. The van der Waals surface area contributed by atoms with E-state index < -0.39 is 28.7 Å². The summed E-state index contributed by atoms with van der Waals surface area (Å²) in [5.74, 6) is 0.155. The summed E-state index contributed by atoms with van der Waals surface area (Å²) >= 11 is 5.66. The first-order valence-corrected chi connectivity index (χ1v) is 10.3. The number of carbonyl (C=O) groups excluding carboxylic acids is 1. The van der Waals surface area contributed by atoms with Crippen molar-refractivity contribution >= 4 is 34.7 Å². The molecule has 1 aliphatic rings. The third kappa shape index (κ3) is 4.60. The molecule has 0 saturated heterocycles. The smallest absolute Gasteiger partial charge is 0.417 e. The topological polar surface area (TPSA) is 74.7 Å². The van der Waals surface area contributed by atoms with Crippen LogP contribution in [-0.4, -0.2) is 35.3 Å². The molecule has 0 aliphatic carbocycles.